The van der Waals surface area contributed by atoms with Crippen LogP contribution < -0.4 is 5.32 Å². The summed E-state index contributed by atoms with van der Waals surface area (Å²) in [6.45, 7) is 4.84. The highest BCUT2D eigenvalue weighted by Gasteiger charge is 2.14. The van der Waals surface area contributed by atoms with Gasteiger partial charge in [-0.2, -0.15) is 0 Å². The minimum Gasteiger partial charge on any atom is -0.453 e. The van der Waals surface area contributed by atoms with Crippen molar-refractivity contribution in [2.75, 3.05) is 6.54 Å². The van der Waals surface area contributed by atoms with Crippen molar-refractivity contribution in [3.8, 4) is 11.8 Å². The Bertz CT molecular complexity index is 348. The minimum absolute atomic E-state index is 0.238. The van der Waals surface area contributed by atoms with E-state index in [1.165, 1.54) is 0 Å². The highest BCUT2D eigenvalue weighted by molar-refractivity contribution is 6.29. The molecule has 1 unspecified atom stereocenters. The summed E-state index contributed by atoms with van der Waals surface area (Å²) in [7, 11) is 0. The normalized spacial score (nSPS) is 11.9. The van der Waals surface area contributed by atoms with Gasteiger partial charge in [0.05, 0.1) is 6.26 Å². The van der Waals surface area contributed by atoms with E-state index < -0.39 is 0 Å². The molecule has 1 aromatic heterocycles. The monoisotopic (exact) mass is 225 g/mol. The zero-order valence-electron chi connectivity index (χ0n) is 9.14. The Labute approximate surface area is 96.0 Å². The van der Waals surface area contributed by atoms with Crippen LogP contribution in [0.5, 0.6) is 0 Å². The number of nitrogens with one attached hydrogen (secondary N) is 1. The molecular weight excluding hydrogens is 210 g/mol. The van der Waals surface area contributed by atoms with Crippen LogP contribution in [0.15, 0.2) is 16.7 Å². The largest absolute Gasteiger partial charge is 0.453 e. The predicted molar refractivity (Wildman–Crippen MR) is 62.8 cm³/mol. The first-order valence-corrected chi connectivity index (χ1v) is 5.53. The molecule has 3 heteroatoms. The number of hydrogen-bond acceptors (Lipinski definition) is 2. The molecule has 1 heterocycles. The number of rotatable bonds is 5. The Hall–Kier alpha value is -0.910. The van der Waals surface area contributed by atoms with Crippen LogP contribution in [0.1, 0.15) is 38.3 Å². The van der Waals surface area contributed by atoms with Crippen molar-refractivity contribution in [1.29, 1.82) is 0 Å². The average molecular weight is 226 g/mol. The van der Waals surface area contributed by atoms with Crippen LogP contribution in [0.2, 0.25) is 5.22 Å². The van der Waals surface area contributed by atoms with Crippen LogP contribution in [0.4, 0.5) is 0 Å². The molecule has 15 heavy (non-hydrogen) atoms. The van der Waals surface area contributed by atoms with E-state index in [-0.39, 0.29) is 6.04 Å². The summed E-state index contributed by atoms with van der Waals surface area (Å²) in [5.74, 6) is 5.95. The quantitative estimate of drug-likeness (QED) is 0.778. The lowest BCUT2D eigenvalue weighted by atomic mass is 10.1. The molecule has 1 rings (SSSR count). The Morgan fingerprint density at radius 1 is 1.60 bits per heavy atom. The number of furan rings is 1. The van der Waals surface area contributed by atoms with E-state index in [0.717, 1.165) is 24.9 Å². The average Bonchev–Trinajstić information content (AvgIpc) is 2.64. The van der Waals surface area contributed by atoms with E-state index >= 15 is 0 Å². The second-order valence-corrected chi connectivity index (χ2v) is 3.57. The molecular formula is C12H16ClNO. The van der Waals surface area contributed by atoms with Gasteiger partial charge in [-0.05, 0) is 37.6 Å². The van der Waals surface area contributed by atoms with Crippen molar-refractivity contribution in [2.24, 2.45) is 0 Å². The summed E-state index contributed by atoms with van der Waals surface area (Å²) >= 11 is 5.94. The van der Waals surface area contributed by atoms with E-state index in [0.29, 0.717) is 5.22 Å². The van der Waals surface area contributed by atoms with Crippen molar-refractivity contribution in [2.45, 2.75) is 32.7 Å². The lowest BCUT2D eigenvalue weighted by molar-refractivity contribution is 0.507. The van der Waals surface area contributed by atoms with Crippen LogP contribution in [-0.2, 0) is 0 Å². The Morgan fingerprint density at radius 2 is 2.40 bits per heavy atom. The van der Waals surface area contributed by atoms with E-state index in [9.17, 15) is 0 Å². The van der Waals surface area contributed by atoms with Crippen LogP contribution >= 0.6 is 11.6 Å². The molecule has 0 aliphatic heterocycles. The summed E-state index contributed by atoms with van der Waals surface area (Å²) < 4.78 is 5.09. The van der Waals surface area contributed by atoms with Gasteiger partial charge in [-0.3, -0.25) is 0 Å². The van der Waals surface area contributed by atoms with Gasteiger partial charge in [0.15, 0.2) is 5.22 Å². The molecule has 1 atom stereocenters. The van der Waals surface area contributed by atoms with Gasteiger partial charge in [0.25, 0.3) is 0 Å². The Morgan fingerprint density at radius 3 is 2.93 bits per heavy atom. The van der Waals surface area contributed by atoms with Gasteiger partial charge in [0.1, 0.15) is 0 Å². The van der Waals surface area contributed by atoms with Crippen molar-refractivity contribution in [1.82, 2.24) is 5.32 Å². The van der Waals surface area contributed by atoms with E-state index in [1.54, 1.807) is 6.26 Å². The fraction of sp³-hybridized carbons (Fsp3) is 0.500. The molecule has 1 N–H and O–H groups in total. The first-order valence-electron chi connectivity index (χ1n) is 5.15. The molecule has 0 bridgehead atoms. The van der Waals surface area contributed by atoms with Crippen LogP contribution in [0, 0.1) is 11.8 Å². The molecule has 0 aromatic carbocycles. The maximum atomic E-state index is 5.94. The zero-order chi connectivity index (χ0) is 11.1. The van der Waals surface area contributed by atoms with E-state index in [1.807, 2.05) is 13.0 Å². The molecule has 82 valence electrons. The van der Waals surface area contributed by atoms with E-state index in [4.69, 9.17) is 16.0 Å². The molecule has 0 aliphatic carbocycles. The fourth-order valence-corrected chi connectivity index (χ4v) is 1.76. The summed E-state index contributed by atoms with van der Waals surface area (Å²) in [6.07, 6.45) is 3.44. The minimum atomic E-state index is 0.238. The van der Waals surface area contributed by atoms with Gasteiger partial charge in [0.2, 0.25) is 0 Å². The second kappa shape index (κ2) is 6.55. The Balaban J connectivity index is 2.64. The predicted octanol–water partition coefficient (Wildman–Crippen LogP) is 3.39. The van der Waals surface area contributed by atoms with Gasteiger partial charge in [-0.1, -0.05) is 6.92 Å². The summed E-state index contributed by atoms with van der Waals surface area (Å²) in [5.41, 5.74) is 1.02. The van der Waals surface area contributed by atoms with Crippen molar-refractivity contribution >= 4 is 11.6 Å². The van der Waals surface area contributed by atoms with Crippen LogP contribution in [-0.4, -0.2) is 6.54 Å². The first kappa shape index (κ1) is 12.2. The molecule has 0 saturated carbocycles. The van der Waals surface area contributed by atoms with Crippen molar-refractivity contribution in [3.63, 3.8) is 0 Å². The number of halogens is 1. The highest BCUT2D eigenvalue weighted by Crippen LogP contribution is 2.26. The topological polar surface area (TPSA) is 25.2 Å². The number of hydrogen-bond donors (Lipinski definition) is 1. The molecule has 0 radical (unpaired) electrons. The first-order chi connectivity index (χ1) is 7.29. The third-order valence-electron chi connectivity index (χ3n) is 2.21. The lowest BCUT2D eigenvalue weighted by Gasteiger charge is -2.15. The van der Waals surface area contributed by atoms with Gasteiger partial charge in [-0.25, -0.2) is 0 Å². The third-order valence-corrected chi connectivity index (χ3v) is 2.51. The van der Waals surface area contributed by atoms with Crippen LogP contribution in [0.3, 0.4) is 0 Å². The van der Waals surface area contributed by atoms with Crippen molar-refractivity contribution < 1.29 is 4.42 Å². The Kier molecular flexibility index (Phi) is 5.31. The van der Waals surface area contributed by atoms with Gasteiger partial charge in [0, 0.05) is 18.0 Å². The smallest absolute Gasteiger partial charge is 0.197 e. The fourth-order valence-electron chi connectivity index (χ4n) is 1.51. The van der Waals surface area contributed by atoms with E-state index in [2.05, 4.69) is 24.1 Å². The standard InChI is InChI=1S/C12H16ClNO/c1-3-5-6-7-11(14-4-2)10-8-9-15-12(10)13/h8-9,11,14H,4,6-7H2,1-2H3. The molecule has 0 fully saturated rings. The maximum Gasteiger partial charge on any atom is 0.197 e. The van der Waals surface area contributed by atoms with Crippen molar-refractivity contribution in [3.05, 3.63) is 23.1 Å². The second-order valence-electron chi connectivity index (χ2n) is 3.23. The molecule has 2 nitrogen and oxygen atoms in total. The van der Waals surface area contributed by atoms with Gasteiger partial charge in [-0.15, -0.1) is 11.8 Å². The maximum absolute atomic E-state index is 5.94. The summed E-state index contributed by atoms with van der Waals surface area (Å²) in [6, 6.07) is 2.15. The third kappa shape index (κ3) is 3.62. The summed E-state index contributed by atoms with van der Waals surface area (Å²) in [5, 5.41) is 3.85. The zero-order valence-corrected chi connectivity index (χ0v) is 9.90. The molecule has 0 aliphatic rings. The van der Waals surface area contributed by atoms with Gasteiger partial charge < -0.3 is 9.73 Å². The van der Waals surface area contributed by atoms with Crippen LogP contribution in [0.25, 0.3) is 0 Å². The molecule has 1 aromatic rings. The lowest BCUT2D eigenvalue weighted by Crippen LogP contribution is -2.20. The summed E-state index contributed by atoms with van der Waals surface area (Å²) in [4.78, 5) is 0. The SMILES string of the molecule is CC#CCCC(NCC)c1ccoc1Cl. The van der Waals surface area contributed by atoms with Gasteiger partial charge >= 0.3 is 0 Å². The molecule has 0 amide bonds. The molecule has 0 saturated heterocycles. The highest BCUT2D eigenvalue weighted by atomic mass is 35.5. The molecule has 0 spiro atoms.